The molecule has 0 spiro atoms. The van der Waals surface area contributed by atoms with Gasteiger partial charge in [-0.1, -0.05) is 109 Å². The Morgan fingerprint density at radius 1 is 0.762 bits per heavy atom. The monoisotopic (exact) mass is 555 g/mol. The summed E-state index contributed by atoms with van der Waals surface area (Å²) in [5.41, 5.74) is 3.33. The van der Waals surface area contributed by atoms with Crippen molar-refractivity contribution < 1.29 is 14.6 Å². The van der Waals surface area contributed by atoms with Crippen molar-refractivity contribution in [2.24, 2.45) is 0 Å². The van der Waals surface area contributed by atoms with E-state index in [9.17, 15) is 9.90 Å². The van der Waals surface area contributed by atoms with Crippen molar-refractivity contribution in [2.75, 3.05) is 18.5 Å². The molecule has 0 aliphatic rings. The average molecular weight is 556 g/mol. The number of carbonyl (C=O) groups is 1. The summed E-state index contributed by atoms with van der Waals surface area (Å²) in [6, 6.07) is 38.6. The maximum atomic E-state index is 12.8. The molecule has 8 nitrogen and oxygen atoms in total. The van der Waals surface area contributed by atoms with Crippen LogP contribution in [0.2, 0.25) is 0 Å². The second-order valence-electron chi connectivity index (χ2n) is 9.79. The van der Waals surface area contributed by atoms with E-state index >= 15 is 0 Å². The van der Waals surface area contributed by atoms with Crippen molar-refractivity contribution in [3.63, 3.8) is 0 Å². The lowest BCUT2D eigenvalue weighted by molar-refractivity contribution is -0.0145. The lowest BCUT2D eigenvalue weighted by Crippen LogP contribution is -2.35. The number of carbonyl (C=O) groups excluding carboxylic acids is 1. The summed E-state index contributed by atoms with van der Waals surface area (Å²) < 4.78 is 8.71. The van der Waals surface area contributed by atoms with Crippen molar-refractivity contribution in [2.45, 2.75) is 11.6 Å². The van der Waals surface area contributed by atoms with Gasteiger partial charge in [0.15, 0.2) is 17.0 Å². The molecular formula is C34H29N5O3. The fourth-order valence-corrected chi connectivity index (χ4v) is 5.19. The van der Waals surface area contributed by atoms with Crippen molar-refractivity contribution >= 4 is 22.9 Å². The normalized spacial score (nSPS) is 12.2. The summed E-state index contributed by atoms with van der Waals surface area (Å²) in [4.78, 5) is 26.0. The molecule has 0 bridgehead atoms. The van der Waals surface area contributed by atoms with E-state index in [1.807, 2.05) is 60.7 Å². The molecule has 2 aromatic heterocycles. The predicted octanol–water partition coefficient (Wildman–Crippen LogP) is 5.62. The number of benzene rings is 4. The molecule has 0 aliphatic heterocycles. The van der Waals surface area contributed by atoms with Gasteiger partial charge >= 0.3 is 0 Å². The fourth-order valence-electron chi connectivity index (χ4n) is 5.19. The molecule has 0 fully saturated rings. The average Bonchev–Trinajstić information content (AvgIpc) is 3.50. The zero-order valence-corrected chi connectivity index (χ0v) is 22.7. The third-order valence-corrected chi connectivity index (χ3v) is 7.26. The Kier molecular flexibility index (Phi) is 7.81. The molecule has 2 N–H and O–H groups in total. The molecule has 0 aliphatic carbocycles. The van der Waals surface area contributed by atoms with E-state index in [2.05, 4.69) is 56.7 Å². The summed E-state index contributed by atoms with van der Waals surface area (Å²) in [7, 11) is 0. The predicted molar refractivity (Wildman–Crippen MR) is 161 cm³/mol. The summed E-state index contributed by atoms with van der Waals surface area (Å²) in [6.07, 6.45) is 2.97. The van der Waals surface area contributed by atoms with Gasteiger partial charge in [-0.25, -0.2) is 15.0 Å². The highest BCUT2D eigenvalue weighted by Gasteiger charge is 2.38. The lowest BCUT2D eigenvalue weighted by Gasteiger charge is -2.37. The number of amides is 1. The van der Waals surface area contributed by atoms with Crippen LogP contribution in [0.15, 0.2) is 134 Å². The smallest absolute Gasteiger partial charge is 0.256 e. The first kappa shape index (κ1) is 27.0. The van der Waals surface area contributed by atoms with Crippen LogP contribution >= 0.6 is 0 Å². The van der Waals surface area contributed by atoms with Crippen LogP contribution in [0.3, 0.4) is 0 Å². The number of anilines is 1. The van der Waals surface area contributed by atoms with Crippen molar-refractivity contribution in [1.82, 2.24) is 19.5 Å². The molecule has 0 saturated heterocycles. The van der Waals surface area contributed by atoms with E-state index in [1.165, 1.54) is 6.33 Å². The van der Waals surface area contributed by atoms with Gasteiger partial charge in [0.1, 0.15) is 11.9 Å². The molecule has 1 amide bonds. The van der Waals surface area contributed by atoms with Crippen LogP contribution in [0.25, 0.3) is 11.2 Å². The molecular weight excluding hydrogens is 526 g/mol. The molecule has 8 heteroatoms. The standard InChI is InChI=1S/C34H29N5O3/c40-21-29(39-24-37-30-31(35-23-36-32(30)39)38-33(41)25-13-5-1-6-14-25)22-42-34(26-15-7-2-8-16-26,27-17-9-3-10-18-27)28-19-11-4-12-20-28/h1-20,23-24,29,40H,21-22H2,(H,35,36,38,41). The third-order valence-electron chi connectivity index (χ3n) is 7.26. The highest BCUT2D eigenvalue weighted by atomic mass is 16.5. The van der Waals surface area contributed by atoms with Gasteiger partial charge < -0.3 is 19.7 Å². The van der Waals surface area contributed by atoms with Gasteiger partial charge in [-0.05, 0) is 28.8 Å². The zero-order valence-electron chi connectivity index (χ0n) is 22.7. The molecule has 42 heavy (non-hydrogen) atoms. The highest BCUT2D eigenvalue weighted by molar-refractivity contribution is 6.06. The molecule has 0 saturated carbocycles. The van der Waals surface area contributed by atoms with E-state index in [4.69, 9.17) is 4.74 Å². The number of aliphatic hydroxyl groups is 1. The topological polar surface area (TPSA) is 102 Å². The fraction of sp³-hybridized carbons (Fsp3) is 0.118. The minimum Gasteiger partial charge on any atom is -0.394 e. The van der Waals surface area contributed by atoms with Crippen LogP contribution in [0.4, 0.5) is 5.82 Å². The number of nitrogens with one attached hydrogen (secondary N) is 1. The van der Waals surface area contributed by atoms with Gasteiger partial charge in [-0.2, -0.15) is 0 Å². The van der Waals surface area contributed by atoms with E-state index < -0.39 is 11.6 Å². The minimum atomic E-state index is -0.947. The van der Waals surface area contributed by atoms with Gasteiger partial charge in [-0.15, -0.1) is 0 Å². The number of nitrogens with zero attached hydrogens (tertiary/aromatic N) is 4. The number of aliphatic hydroxyl groups excluding tert-OH is 1. The van der Waals surface area contributed by atoms with Gasteiger partial charge in [-0.3, -0.25) is 4.79 Å². The van der Waals surface area contributed by atoms with Crippen LogP contribution in [-0.2, 0) is 10.3 Å². The number of rotatable bonds is 10. The largest absolute Gasteiger partial charge is 0.394 e. The molecule has 6 rings (SSSR count). The van der Waals surface area contributed by atoms with Gasteiger partial charge in [0, 0.05) is 5.56 Å². The molecule has 1 unspecified atom stereocenters. The van der Waals surface area contributed by atoms with Crippen molar-refractivity contribution in [1.29, 1.82) is 0 Å². The van der Waals surface area contributed by atoms with Gasteiger partial charge in [0.05, 0.1) is 25.6 Å². The summed E-state index contributed by atoms with van der Waals surface area (Å²) in [5.74, 6) is -0.0111. The number of imidazole rings is 1. The number of fused-ring (bicyclic) bond motifs is 1. The summed E-state index contributed by atoms with van der Waals surface area (Å²) in [6.45, 7) is -0.0913. The van der Waals surface area contributed by atoms with Crippen molar-refractivity contribution in [3.05, 3.63) is 156 Å². The van der Waals surface area contributed by atoms with Gasteiger partial charge in [0.25, 0.3) is 5.91 Å². The molecule has 0 radical (unpaired) electrons. The van der Waals surface area contributed by atoms with Crippen LogP contribution < -0.4 is 5.32 Å². The Morgan fingerprint density at radius 3 is 1.81 bits per heavy atom. The molecule has 208 valence electrons. The zero-order chi connectivity index (χ0) is 28.8. The molecule has 4 aromatic carbocycles. The number of hydrogen-bond donors (Lipinski definition) is 2. The number of hydrogen-bond acceptors (Lipinski definition) is 6. The Hall–Kier alpha value is -5.18. The maximum Gasteiger partial charge on any atom is 0.256 e. The Labute approximate surface area is 243 Å². The van der Waals surface area contributed by atoms with Gasteiger partial charge in [0.2, 0.25) is 0 Å². The first-order valence-corrected chi connectivity index (χ1v) is 13.7. The second-order valence-corrected chi connectivity index (χ2v) is 9.79. The Bertz CT molecular complexity index is 1660. The lowest BCUT2D eigenvalue weighted by atomic mass is 9.80. The van der Waals surface area contributed by atoms with E-state index in [1.54, 1.807) is 35.2 Å². The Morgan fingerprint density at radius 2 is 1.29 bits per heavy atom. The first-order chi connectivity index (χ1) is 20.7. The summed E-state index contributed by atoms with van der Waals surface area (Å²) >= 11 is 0. The number of ether oxygens (including phenoxy) is 1. The second kappa shape index (κ2) is 12.1. The number of aromatic nitrogens is 4. The van der Waals surface area contributed by atoms with E-state index in [0.29, 0.717) is 16.7 Å². The third kappa shape index (κ3) is 5.16. The maximum absolute atomic E-state index is 12.8. The van der Waals surface area contributed by atoms with E-state index in [-0.39, 0.29) is 24.9 Å². The first-order valence-electron chi connectivity index (χ1n) is 13.7. The quantitative estimate of drug-likeness (QED) is 0.213. The van der Waals surface area contributed by atoms with Crippen LogP contribution in [-0.4, -0.2) is 43.7 Å². The summed E-state index contributed by atoms with van der Waals surface area (Å²) in [5, 5.41) is 13.4. The minimum absolute atomic E-state index is 0.135. The van der Waals surface area contributed by atoms with Crippen LogP contribution in [0.5, 0.6) is 0 Å². The van der Waals surface area contributed by atoms with Crippen molar-refractivity contribution in [3.8, 4) is 0 Å². The molecule has 6 aromatic rings. The highest BCUT2D eigenvalue weighted by Crippen LogP contribution is 2.41. The van der Waals surface area contributed by atoms with E-state index in [0.717, 1.165) is 16.7 Å². The Balaban J connectivity index is 1.36. The van der Waals surface area contributed by atoms with Crippen LogP contribution in [0.1, 0.15) is 33.1 Å². The SMILES string of the molecule is O=C(Nc1ncnc2c1ncn2C(CO)COC(c1ccccc1)(c1ccccc1)c1ccccc1)c1ccccc1. The molecule has 2 heterocycles. The molecule has 1 atom stereocenters. The van der Waals surface area contributed by atoms with Crippen LogP contribution in [0, 0.1) is 0 Å².